The third-order valence-electron chi connectivity index (χ3n) is 1.87. The number of aryl methyl sites for hydroxylation is 1. The maximum atomic E-state index is 10.2. The first-order valence-electron chi connectivity index (χ1n) is 4.94. The second kappa shape index (κ2) is 6.34. The highest BCUT2D eigenvalue weighted by molar-refractivity contribution is 7.09. The van der Waals surface area contributed by atoms with E-state index in [1.165, 1.54) is 11.5 Å². The smallest absolute Gasteiger partial charge is 0.303 e. The van der Waals surface area contributed by atoms with Gasteiger partial charge < -0.3 is 10.4 Å². The Morgan fingerprint density at radius 3 is 2.87 bits per heavy atom. The zero-order valence-electron chi connectivity index (χ0n) is 8.69. The first kappa shape index (κ1) is 11.9. The predicted octanol–water partition coefficient (Wildman–Crippen LogP) is 1.90. The standard InChI is InChI=1S/C9H15N3O2S/c1-7-11-9(15-12-7)10-6-4-2-3-5-8(13)14/h2-6H2,1H3,(H,13,14)(H,10,11,12). The lowest BCUT2D eigenvalue weighted by Gasteiger charge is -2.00. The summed E-state index contributed by atoms with van der Waals surface area (Å²) in [6, 6.07) is 0. The van der Waals surface area contributed by atoms with Gasteiger partial charge in [0.05, 0.1) is 0 Å². The van der Waals surface area contributed by atoms with Crippen LogP contribution in [0.2, 0.25) is 0 Å². The summed E-state index contributed by atoms with van der Waals surface area (Å²) in [6.07, 6.45) is 2.90. The Morgan fingerprint density at radius 1 is 1.47 bits per heavy atom. The molecule has 0 unspecified atom stereocenters. The SMILES string of the molecule is Cc1nsc(NCCCCCC(=O)O)n1. The monoisotopic (exact) mass is 229 g/mol. The first-order chi connectivity index (χ1) is 7.18. The number of unbranched alkanes of at least 4 members (excludes halogenated alkanes) is 2. The molecule has 5 nitrogen and oxygen atoms in total. The van der Waals surface area contributed by atoms with E-state index >= 15 is 0 Å². The highest BCUT2D eigenvalue weighted by Gasteiger charge is 1.99. The van der Waals surface area contributed by atoms with E-state index in [4.69, 9.17) is 5.11 Å². The van der Waals surface area contributed by atoms with E-state index in [2.05, 4.69) is 14.7 Å². The Bertz CT molecular complexity index is 314. The Kier molecular flexibility index (Phi) is 5.03. The summed E-state index contributed by atoms with van der Waals surface area (Å²) in [5.41, 5.74) is 0. The molecule has 0 spiro atoms. The summed E-state index contributed by atoms with van der Waals surface area (Å²) in [7, 11) is 0. The summed E-state index contributed by atoms with van der Waals surface area (Å²) >= 11 is 1.35. The lowest BCUT2D eigenvalue weighted by Crippen LogP contribution is -2.01. The van der Waals surface area contributed by atoms with E-state index in [1.807, 2.05) is 6.92 Å². The lowest BCUT2D eigenvalue weighted by atomic mass is 10.2. The highest BCUT2D eigenvalue weighted by Crippen LogP contribution is 2.10. The van der Waals surface area contributed by atoms with Crippen LogP contribution in [0.4, 0.5) is 5.13 Å². The second-order valence-corrected chi connectivity index (χ2v) is 4.03. The van der Waals surface area contributed by atoms with Crippen LogP contribution < -0.4 is 5.32 Å². The van der Waals surface area contributed by atoms with Gasteiger partial charge >= 0.3 is 5.97 Å². The van der Waals surface area contributed by atoms with Crippen LogP contribution in [0, 0.1) is 6.92 Å². The Hall–Kier alpha value is -1.17. The van der Waals surface area contributed by atoms with Crippen molar-refractivity contribution >= 4 is 22.6 Å². The van der Waals surface area contributed by atoms with Crippen molar-refractivity contribution in [3.8, 4) is 0 Å². The summed E-state index contributed by atoms with van der Waals surface area (Å²) < 4.78 is 4.05. The van der Waals surface area contributed by atoms with E-state index in [-0.39, 0.29) is 6.42 Å². The zero-order chi connectivity index (χ0) is 11.1. The van der Waals surface area contributed by atoms with Crippen LogP contribution in [0.15, 0.2) is 0 Å². The molecule has 0 aromatic carbocycles. The van der Waals surface area contributed by atoms with Crippen LogP contribution in [0.3, 0.4) is 0 Å². The van der Waals surface area contributed by atoms with Gasteiger partial charge in [-0.2, -0.15) is 4.37 Å². The zero-order valence-corrected chi connectivity index (χ0v) is 9.51. The number of nitrogens with one attached hydrogen (secondary N) is 1. The number of rotatable bonds is 7. The van der Waals surface area contributed by atoms with Crippen molar-refractivity contribution in [1.82, 2.24) is 9.36 Å². The molecule has 1 aromatic rings. The van der Waals surface area contributed by atoms with Crippen LogP contribution in [-0.2, 0) is 4.79 Å². The third kappa shape index (κ3) is 5.31. The number of carboxylic acids is 1. The van der Waals surface area contributed by atoms with E-state index in [0.717, 1.165) is 36.8 Å². The normalized spacial score (nSPS) is 10.2. The van der Waals surface area contributed by atoms with Gasteiger partial charge in [0.25, 0.3) is 0 Å². The maximum Gasteiger partial charge on any atom is 0.303 e. The van der Waals surface area contributed by atoms with Gasteiger partial charge in [-0.1, -0.05) is 6.42 Å². The summed E-state index contributed by atoms with van der Waals surface area (Å²) in [5, 5.41) is 12.4. The van der Waals surface area contributed by atoms with Gasteiger partial charge in [0.1, 0.15) is 5.82 Å². The van der Waals surface area contributed by atoms with Crippen LogP contribution in [0.5, 0.6) is 0 Å². The predicted molar refractivity (Wildman–Crippen MR) is 59.2 cm³/mol. The molecule has 84 valence electrons. The molecule has 0 atom stereocenters. The number of aromatic nitrogens is 2. The van der Waals surface area contributed by atoms with Gasteiger partial charge in [0.2, 0.25) is 5.13 Å². The molecule has 2 N–H and O–H groups in total. The molecule has 15 heavy (non-hydrogen) atoms. The molecule has 0 radical (unpaired) electrons. The van der Waals surface area contributed by atoms with E-state index in [1.54, 1.807) is 0 Å². The number of carboxylic acid groups (broad SMARTS) is 1. The number of aliphatic carboxylic acids is 1. The molecule has 1 heterocycles. The molecule has 0 bridgehead atoms. The van der Waals surface area contributed by atoms with Crippen molar-refractivity contribution in [3.63, 3.8) is 0 Å². The first-order valence-corrected chi connectivity index (χ1v) is 5.72. The highest BCUT2D eigenvalue weighted by atomic mass is 32.1. The fourth-order valence-corrected chi connectivity index (χ4v) is 1.74. The van der Waals surface area contributed by atoms with Crippen molar-refractivity contribution in [2.24, 2.45) is 0 Å². The van der Waals surface area contributed by atoms with Crippen molar-refractivity contribution < 1.29 is 9.90 Å². The molecule has 6 heteroatoms. The molecule has 1 rings (SSSR count). The summed E-state index contributed by atoms with van der Waals surface area (Å²) in [6.45, 7) is 2.68. The van der Waals surface area contributed by atoms with E-state index in [9.17, 15) is 4.79 Å². The van der Waals surface area contributed by atoms with Gasteiger partial charge in [0.15, 0.2) is 0 Å². The molecule has 0 saturated carbocycles. The molecular formula is C9H15N3O2S. The van der Waals surface area contributed by atoms with Gasteiger partial charge in [-0.25, -0.2) is 4.98 Å². The third-order valence-corrected chi connectivity index (χ3v) is 2.64. The van der Waals surface area contributed by atoms with Crippen LogP contribution in [0.1, 0.15) is 31.5 Å². The minimum absolute atomic E-state index is 0.262. The molecule has 1 aromatic heterocycles. The Labute approximate surface area is 92.7 Å². The van der Waals surface area contributed by atoms with Crippen LogP contribution in [0.25, 0.3) is 0 Å². The molecule has 0 fully saturated rings. The molecule has 0 aliphatic carbocycles. The van der Waals surface area contributed by atoms with Gasteiger partial charge in [-0.3, -0.25) is 4.79 Å². The second-order valence-electron chi connectivity index (χ2n) is 3.28. The fourth-order valence-electron chi connectivity index (χ4n) is 1.14. The van der Waals surface area contributed by atoms with E-state index in [0.29, 0.717) is 0 Å². The Balaban J connectivity index is 2.00. The quantitative estimate of drug-likeness (QED) is 0.698. The van der Waals surface area contributed by atoms with E-state index < -0.39 is 5.97 Å². The van der Waals surface area contributed by atoms with Crippen molar-refractivity contribution in [2.75, 3.05) is 11.9 Å². The minimum Gasteiger partial charge on any atom is -0.481 e. The van der Waals surface area contributed by atoms with Gasteiger partial charge in [-0.05, 0) is 19.8 Å². The van der Waals surface area contributed by atoms with Crippen molar-refractivity contribution in [1.29, 1.82) is 0 Å². The number of hydrogen-bond donors (Lipinski definition) is 2. The van der Waals surface area contributed by atoms with Gasteiger partial charge in [-0.15, -0.1) is 0 Å². The van der Waals surface area contributed by atoms with Gasteiger partial charge in [0, 0.05) is 24.5 Å². The van der Waals surface area contributed by atoms with Crippen molar-refractivity contribution in [3.05, 3.63) is 5.82 Å². The largest absolute Gasteiger partial charge is 0.481 e. The molecule has 0 saturated heterocycles. The van der Waals surface area contributed by atoms with Crippen molar-refractivity contribution in [2.45, 2.75) is 32.6 Å². The topological polar surface area (TPSA) is 75.1 Å². The van der Waals surface area contributed by atoms with Crippen LogP contribution in [-0.4, -0.2) is 27.0 Å². The number of hydrogen-bond acceptors (Lipinski definition) is 5. The average molecular weight is 229 g/mol. The molecular weight excluding hydrogens is 214 g/mol. The fraction of sp³-hybridized carbons (Fsp3) is 0.667. The minimum atomic E-state index is -0.720. The lowest BCUT2D eigenvalue weighted by molar-refractivity contribution is -0.137. The summed E-state index contributed by atoms with van der Waals surface area (Å²) in [4.78, 5) is 14.4. The Morgan fingerprint density at radius 2 is 2.27 bits per heavy atom. The maximum absolute atomic E-state index is 10.2. The number of anilines is 1. The number of carbonyl (C=O) groups is 1. The number of nitrogens with zero attached hydrogens (tertiary/aromatic N) is 2. The molecule has 0 aliphatic heterocycles. The average Bonchev–Trinajstić information content (AvgIpc) is 2.57. The molecule has 0 aliphatic rings. The van der Waals surface area contributed by atoms with Crippen LogP contribution >= 0.6 is 11.5 Å². The summed E-state index contributed by atoms with van der Waals surface area (Å²) in [5.74, 6) is 0.0658. The molecule has 0 amide bonds.